The van der Waals surface area contributed by atoms with Crippen molar-refractivity contribution in [1.29, 1.82) is 0 Å². The molecule has 19 heavy (non-hydrogen) atoms. The van der Waals surface area contributed by atoms with Gasteiger partial charge in [-0.2, -0.15) is 0 Å². The molecule has 1 aliphatic rings. The van der Waals surface area contributed by atoms with Gasteiger partial charge in [0.15, 0.2) is 5.43 Å². The van der Waals surface area contributed by atoms with Gasteiger partial charge in [0.05, 0.1) is 6.73 Å². The first-order valence-corrected chi connectivity index (χ1v) is 6.23. The van der Waals surface area contributed by atoms with Crippen molar-refractivity contribution in [1.82, 2.24) is 4.90 Å². The molecule has 3 rings (SSSR count). The van der Waals surface area contributed by atoms with Crippen LogP contribution in [0.5, 0.6) is 0 Å². The largest absolute Gasteiger partial charge is 0.458 e. The Morgan fingerprint density at radius 3 is 2.68 bits per heavy atom. The molecular weight excluding hydrogens is 242 g/mol. The van der Waals surface area contributed by atoms with Crippen molar-refractivity contribution in [2.45, 2.75) is 6.10 Å². The Labute approximate surface area is 111 Å². The summed E-state index contributed by atoms with van der Waals surface area (Å²) in [6, 6.07) is 12.6. The molecule has 4 nitrogen and oxygen atoms in total. The SMILES string of the molecule is CN1COC(c2cc(=O)cc(-c3ccccc3)o2)C1. The fourth-order valence-corrected chi connectivity index (χ4v) is 2.18. The second-order valence-electron chi connectivity index (χ2n) is 4.75. The predicted octanol–water partition coefficient (Wildman–Crippen LogP) is 2.27. The molecule has 0 spiro atoms. The van der Waals surface area contributed by atoms with Crippen LogP contribution >= 0.6 is 0 Å². The summed E-state index contributed by atoms with van der Waals surface area (Å²) in [7, 11) is 1.97. The second-order valence-corrected chi connectivity index (χ2v) is 4.75. The molecule has 0 aliphatic carbocycles. The van der Waals surface area contributed by atoms with Crippen molar-refractivity contribution < 1.29 is 9.15 Å². The van der Waals surface area contributed by atoms with Gasteiger partial charge in [-0.1, -0.05) is 30.3 Å². The molecule has 2 aromatic rings. The summed E-state index contributed by atoms with van der Waals surface area (Å²) in [6.45, 7) is 1.30. The third-order valence-corrected chi connectivity index (χ3v) is 3.13. The van der Waals surface area contributed by atoms with Crippen molar-refractivity contribution in [2.75, 3.05) is 20.3 Å². The number of benzene rings is 1. The second kappa shape index (κ2) is 4.99. The Hall–Kier alpha value is -1.91. The summed E-state index contributed by atoms with van der Waals surface area (Å²) in [5.41, 5.74) is 0.839. The van der Waals surface area contributed by atoms with Crippen LogP contribution in [0.2, 0.25) is 0 Å². The number of ether oxygens (including phenoxy) is 1. The fraction of sp³-hybridized carbons (Fsp3) is 0.267. The summed E-state index contributed by atoms with van der Waals surface area (Å²) in [5, 5.41) is 0. The lowest BCUT2D eigenvalue weighted by atomic mass is 10.1. The summed E-state index contributed by atoms with van der Waals surface area (Å²) in [6.07, 6.45) is -0.165. The Morgan fingerprint density at radius 1 is 1.21 bits per heavy atom. The quantitative estimate of drug-likeness (QED) is 0.827. The minimum absolute atomic E-state index is 0.0572. The number of hydrogen-bond donors (Lipinski definition) is 0. The zero-order valence-electron chi connectivity index (χ0n) is 10.7. The minimum Gasteiger partial charge on any atom is -0.458 e. The van der Waals surface area contributed by atoms with E-state index in [0.717, 1.165) is 12.1 Å². The van der Waals surface area contributed by atoms with Gasteiger partial charge in [-0.3, -0.25) is 9.69 Å². The Kier molecular flexibility index (Phi) is 3.19. The van der Waals surface area contributed by atoms with Crippen LogP contribution in [0.1, 0.15) is 11.9 Å². The van der Waals surface area contributed by atoms with Gasteiger partial charge in [-0.25, -0.2) is 0 Å². The van der Waals surface area contributed by atoms with Crippen molar-refractivity contribution >= 4 is 0 Å². The van der Waals surface area contributed by atoms with E-state index in [1.165, 1.54) is 12.1 Å². The lowest BCUT2D eigenvalue weighted by Gasteiger charge is -2.09. The van der Waals surface area contributed by atoms with E-state index in [1.807, 2.05) is 42.3 Å². The number of hydrogen-bond acceptors (Lipinski definition) is 4. The highest BCUT2D eigenvalue weighted by Gasteiger charge is 2.24. The molecule has 0 amide bonds. The van der Waals surface area contributed by atoms with Crippen molar-refractivity contribution in [3.05, 3.63) is 58.4 Å². The summed E-state index contributed by atoms with van der Waals surface area (Å²) in [5.74, 6) is 1.18. The highest BCUT2D eigenvalue weighted by atomic mass is 16.5. The molecular formula is C15H15NO3. The molecule has 1 saturated heterocycles. The predicted molar refractivity (Wildman–Crippen MR) is 71.7 cm³/mol. The third-order valence-electron chi connectivity index (χ3n) is 3.13. The average molecular weight is 257 g/mol. The number of rotatable bonds is 2. The van der Waals surface area contributed by atoms with Gasteiger partial charge in [0.1, 0.15) is 17.6 Å². The molecule has 0 saturated carbocycles. The van der Waals surface area contributed by atoms with E-state index < -0.39 is 0 Å². The van der Waals surface area contributed by atoms with Crippen LogP contribution in [0.3, 0.4) is 0 Å². The maximum atomic E-state index is 11.8. The molecule has 2 heterocycles. The van der Waals surface area contributed by atoms with Crippen molar-refractivity contribution in [2.24, 2.45) is 0 Å². The molecule has 1 aromatic heterocycles. The van der Waals surface area contributed by atoms with Crippen molar-refractivity contribution in [3.63, 3.8) is 0 Å². The summed E-state index contributed by atoms with van der Waals surface area (Å²) >= 11 is 0. The lowest BCUT2D eigenvalue weighted by molar-refractivity contribution is 0.0814. The van der Waals surface area contributed by atoms with Gasteiger partial charge in [0, 0.05) is 24.2 Å². The number of likely N-dealkylation sites (N-methyl/N-ethyl adjacent to an activating group) is 1. The highest BCUT2D eigenvalue weighted by Crippen LogP contribution is 2.26. The molecule has 1 atom stereocenters. The van der Waals surface area contributed by atoms with Gasteiger partial charge in [-0.15, -0.1) is 0 Å². The van der Waals surface area contributed by atoms with E-state index in [-0.39, 0.29) is 11.5 Å². The monoisotopic (exact) mass is 257 g/mol. The first kappa shape index (κ1) is 12.1. The molecule has 4 heteroatoms. The van der Waals surface area contributed by atoms with Crippen LogP contribution < -0.4 is 5.43 Å². The molecule has 0 N–H and O–H groups in total. The van der Waals surface area contributed by atoms with Gasteiger partial charge in [-0.05, 0) is 7.05 Å². The van der Waals surface area contributed by atoms with Crippen LogP contribution in [0.4, 0.5) is 0 Å². The highest BCUT2D eigenvalue weighted by molar-refractivity contribution is 5.56. The maximum absolute atomic E-state index is 11.8. The standard InChI is InChI=1S/C15H15NO3/c1-16-9-15(18-10-16)14-8-12(17)7-13(19-14)11-5-3-2-4-6-11/h2-8,15H,9-10H2,1H3. The maximum Gasteiger partial charge on any atom is 0.185 e. The average Bonchev–Trinajstić information content (AvgIpc) is 2.86. The number of nitrogens with zero attached hydrogens (tertiary/aromatic N) is 1. The molecule has 0 radical (unpaired) electrons. The van der Waals surface area contributed by atoms with Crippen LogP contribution in [0, 0.1) is 0 Å². The minimum atomic E-state index is -0.165. The fourth-order valence-electron chi connectivity index (χ4n) is 2.18. The first-order valence-electron chi connectivity index (χ1n) is 6.23. The van der Waals surface area contributed by atoms with E-state index in [1.54, 1.807) is 0 Å². The van der Waals surface area contributed by atoms with Gasteiger partial charge >= 0.3 is 0 Å². The molecule has 1 fully saturated rings. The van der Waals surface area contributed by atoms with Crippen LogP contribution in [0.25, 0.3) is 11.3 Å². The van der Waals surface area contributed by atoms with E-state index in [0.29, 0.717) is 18.3 Å². The zero-order valence-corrected chi connectivity index (χ0v) is 10.7. The first-order chi connectivity index (χ1) is 9.22. The third kappa shape index (κ3) is 2.59. The molecule has 1 unspecified atom stereocenters. The lowest BCUT2D eigenvalue weighted by Crippen LogP contribution is -2.14. The van der Waals surface area contributed by atoms with Crippen LogP contribution in [-0.2, 0) is 4.74 Å². The van der Waals surface area contributed by atoms with Gasteiger partial charge < -0.3 is 9.15 Å². The topological polar surface area (TPSA) is 42.7 Å². The Bertz CT molecular complexity index is 621. The van der Waals surface area contributed by atoms with E-state index in [2.05, 4.69) is 0 Å². The smallest absolute Gasteiger partial charge is 0.185 e. The molecule has 0 bridgehead atoms. The molecule has 1 aromatic carbocycles. The van der Waals surface area contributed by atoms with E-state index in [9.17, 15) is 4.79 Å². The van der Waals surface area contributed by atoms with Gasteiger partial charge in [0.25, 0.3) is 0 Å². The van der Waals surface area contributed by atoms with Crippen LogP contribution in [0.15, 0.2) is 51.7 Å². The normalized spacial score (nSPS) is 19.7. The molecule has 98 valence electrons. The molecule has 1 aliphatic heterocycles. The van der Waals surface area contributed by atoms with E-state index in [4.69, 9.17) is 9.15 Å². The Balaban J connectivity index is 1.99. The van der Waals surface area contributed by atoms with E-state index >= 15 is 0 Å². The van der Waals surface area contributed by atoms with Crippen molar-refractivity contribution in [3.8, 4) is 11.3 Å². The summed E-state index contributed by atoms with van der Waals surface area (Å²) in [4.78, 5) is 13.8. The van der Waals surface area contributed by atoms with Crippen LogP contribution in [-0.4, -0.2) is 25.2 Å². The summed E-state index contributed by atoms with van der Waals surface area (Å²) < 4.78 is 11.4. The van der Waals surface area contributed by atoms with Gasteiger partial charge in [0.2, 0.25) is 0 Å². The zero-order chi connectivity index (χ0) is 13.2. The Morgan fingerprint density at radius 2 is 2.00 bits per heavy atom.